The monoisotopic (exact) mass is 1050 g/mol. The highest BCUT2D eigenvalue weighted by molar-refractivity contribution is 5.98. The predicted octanol–water partition coefficient (Wildman–Crippen LogP) is -3.11. The number of hydrogen-bond donors (Lipinski definition) is 15. The van der Waals surface area contributed by atoms with E-state index in [-0.39, 0.29) is 63.5 Å². The maximum absolute atomic E-state index is 14.4. The third-order valence-electron chi connectivity index (χ3n) is 12.2. The molecule has 0 saturated carbocycles. The first kappa shape index (κ1) is 63.9. The van der Waals surface area contributed by atoms with Crippen molar-refractivity contribution in [3.63, 3.8) is 0 Å². The molecule has 416 valence electrons. The van der Waals surface area contributed by atoms with Crippen LogP contribution in [0.4, 0.5) is 0 Å². The minimum Gasteiger partial charge on any atom is -0.480 e. The summed E-state index contributed by atoms with van der Waals surface area (Å²) in [6.45, 7) is 5.54. The van der Waals surface area contributed by atoms with E-state index in [2.05, 4.69) is 42.2 Å². The highest BCUT2D eigenvalue weighted by Crippen LogP contribution is 2.12. The molecule has 25 nitrogen and oxygen atoms in total. The number of hydrogen-bond acceptors (Lipinski definition) is 14. The lowest BCUT2D eigenvalue weighted by atomic mass is 9.98. The van der Waals surface area contributed by atoms with Crippen molar-refractivity contribution in [3.05, 3.63) is 71.8 Å². The van der Waals surface area contributed by atoms with Gasteiger partial charge in [0.25, 0.3) is 0 Å². The van der Waals surface area contributed by atoms with Crippen molar-refractivity contribution in [2.24, 2.45) is 45.3 Å². The van der Waals surface area contributed by atoms with Gasteiger partial charge in [0.05, 0.1) is 18.6 Å². The molecule has 0 heterocycles. The summed E-state index contributed by atoms with van der Waals surface area (Å²) in [6.07, 6.45) is 0.0383. The number of benzene rings is 2. The molecule has 0 spiro atoms. The van der Waals surface area contributed by atoms with Crippen LogP contribution < -0.4 is 71.6 Å². The molecule has 8 amide bonds. The van der Waals surface area contributed by atoms with Crippen LogP contribution in [0.5, 0.6) is 0 Å². The van der Waals surface area contributed by atoms with Gasteiger partial charge in [0.2, 0.25) is 47.3 Å². The van der Waals surface area contributed by atoms with Gasteiger partial charge in [-0.2, -0.15) is 0 Å². The van der Waals surface area contributed by atoms with Crippen LogP contribution in [0.3, 0.4) is 0 Å². The number of amides is 8. The van der Waals surface area contributed by atoms with E-state index < -0.39 is 114 Å². The second-order valence-electron chi connectivity index (χ2n) is 18.4. The molecule has 2 rings (SSSR count). The van der Waals surface area contributed by atoms with Gasteiger partial charge in [-0.3, -0.25) is 43.3 Å². The van der Waals surface area contributed by atoms with Gasteiger partial charge in [0.15, 0.2) is 5.96 Å². The average Bonchev–Trinajstić information content (AvgIpc) is 3.37. The molecule has 75 heavy (non-hydrogen) atoms. The number of unbranched alkanes of at least 4 members (excludes halogenated alkanes) is 2. The maximum Gasteiger partial charge on any atom is 0.326 e. The number of carboxylic acids is 1. The molecule has 0 aliphatic heterocycles. The van der Waals surface area contributed by atoms with Crippen LogP contribution in [0.15, 0.2) is 65.7 Å². The number of aliphatic carboxylic acids is 1. The molecule has 2 aromatic carbocycles. The number of carboxylic acid groups (broad SMARTS) is 1. The van der Waals surface area contributed by atoms with Crippen molar-refractivity contribution in [1.82, 2.24) is 37.2 Å². The van der Waals surface area contributed by atoms with Gasteiger partial charge in [-0.25, -0.2) is 4.79 Å². The Morgan fingerprint density at radius 1 is 0.533 bits per heavy atom. The summed E-state index contributed by atoms with van der Waals surface area (Å²) in [7, 11) is 0. The molecule has 0 aromatic heterocycles. The largest absolute Gasteiger partial charge is 0.480 e. The third kappa shape index (κ3) is 24.1. The van der Waals surface area contributed by atoms with Crippen molar-refractivity contribution in [1.29, 1.82) is 0 Å². The van der Waals surface area contributed by atoms with Crippen molar-refractivity contribution in [2.75, 3.05) is 19.6 Å². The van der Waals surface area contributed by atoms with E-state index in [0.717, 1.165) is 0 Å². The minimum atomic E-state index is -1.76. The highest BCUT2D eigenvalue weighted by Gasteiger charge is 2.36. The smallest absolute Gasteiger partial charge is 0.326 e. The van der Waals surface area contributed by atoms with E-state index in [1.165, 1.54) is 6.92 Å². The van der Waals surface area contributed by atoms with Crippen LogP contribution in [-0.2, 0) is 56.0 Å². The Labute approximate surface area is 437 Å². The first-order chi connectivity index (χ1) is 35.6. The Kier molecular flexibility index (Phi) is 29.2. The molecule has 21 N–H and O–H groups in total. The van der Waals surface area contributed by atoms with Crippen molar-refractivity contribution in [3.8, 4) is 0 Å². The zero-order chi connectivity index (χ0) is 56.0. The second kappa shape index (κ2) is 34.3. The first-order valence-corrected chi connectivity index (χ1v) is 25.2. The predicted molar refractivity (Wildman–Crippen MR) is 280 cm³/mol. The van der Waals surface area contributed by atoms with Gasteiger partial charge in [-0.1, -0.05) is 80.9 Å². The summed E-state index contributed by atoms with van der Waals surface area (Å²) in [5.74, 6) is -8.96. The summed E-state index contributed by atoms with van der Waals surface area (Å²) < 4.78 is 0. The summed E-state index contributed by atoms with van der Waals surface area (Å²) >= 11 is 0. The number of rotatable bonds is 36. The van der Waals surface area contributed by atoms with Gasteiger partial charge in [-0.05, 0) is 88.4 Å². The van der Waals surface area contributed by atoms with Gasteiger partial charge in [-0.15, -0.1) is 0 Å². The lowest BCUT2D eigenvalue weighted by Crippen LogP contribution is -2.62. The molecular formula is C50H80N14O11. The summed E-state index contributed by atoms with van der Waals surface area (Å²) in [5, 5.41) is 38.7. The number of nitrogens with two attached hydrogens (primary N) is 6. The van der Waals surface area contributed by atoms with E-state index in [1.807, 2.05) is 13.8 Å². The Bertz CT molecular complexity index is 2180. The Morgan fingerprint density at radius 2 is 0.920 bits per heavy atom. The highest BCUT2D eigenvalue weighted by atomic mass is 16.4. The second-order valence-corrected chi connectivity index (χ2v) is 18.4. The fourth-order valence-electron chi connectivity index (χ4n) is 7.61. The van der Waals surface area contributed by atoms with Crippen LogP contribution in [-0.4, -0.2) is 143 Å². The standard InChI is InChI=1S/C50H80N14O11/c1-4-29(2)40(54)47(72)60-34(21-12-14-24-52)42(67)58-33(20-11-13-23-51)43(68)61-37(27-32-18-9-6-10-19-32)46(71)64-41(30(3)65)48(73)62-36(26-31-16-7-5-8-17-31)45(70)59-35(22-15-25-57-50(55)56)44(69)63-38(49(74)75)28-39(53)66/h5-10,16-19,29-30,33-38,40-41,65H,4,11-15,20-28,51-52,54H2,1-3H3,(H2,53,66)(H,58,67)(H,59,70)(H,60,72)(H,61,68)(H,62,73)(H,63,69)(H,64,71)(H,74,75)(H4,55,56,57)/t29-,30+,33-,34-,35-,36-,37-,38-,40-,41-/m0/s1. The zero-order valence-electron chi connectivity index (χ0n) is 43.1. The molecule has 0 aliphatic rings. The topological polar surface area (TPSA) is 447 Å². The number of carbonyl (C=O) groups is 9. The molecule has 0 unspecified atom stereocenters. The van der Waals surface area contributed by atoms with Crippen molar-refractivity contribution < 1.29 is 53.4 Å². The van der Waals surface area contributed by atoms with E-state index >= 15 is 0 Å². The van der Waals surface area contributed by atoms with Crippen molar-refractivity contribution >= 4 is 59.2 Å². The van der Waals surface area contributed by atoms with Crippen LogP contribution in [0, 0.1) is 5.92 Å². The Hall–Kier alpha value is -7.22. The van der Waals surface area contributed by atoms with E-state index in [9.17, 15) is 53.4 Å². The van der Waals surface area contributed by atoms with Crippen LogP contribution >= 0.6 is 0 Å². The number of aliphatic hydroxyl groups is 1. The molecule has 0 aliphatic carbocycles. The maximum atomic E-state index is 14.4. The van der Waals surface area contributed by atoms with Crippen molar-refractivity contribution in [2.45, 2.75) is 152 Å². The number of aliphatic imine (C=N–C) groups is 1. The number of nitrogens with one attached hydrogen (secondary N) is 7. The normalized spacial score (nSPS) is 15.0. The number of primary amides is 1. The number of nitrogens with zero attached hydrogens (tertiary/aromatic N) is 1. The lowest BCUT2D eigenvalue weighted by Gasteiger charge is -2.29. The SMILES string of the molecule is CC[C@H](C)[C@H](N)C(=O)N[C@@H](CCCCN)C(=O)N[C@@H](CCCCN)C(=O)N[C@@H](Cc1ccccc1)C(=O)N[C@H](C(=O)N[C@@H](Cc1ccccc1)C(=O)N[C@@H](CCCN=C(N)N)C(=O)N[C@@H](CC(N)=O)C(=O)O)[C@@H](C)O. The molecule has 0 bridgehead atoms. The summed E-state index contributed by atoms with van der Waals surface area (Å²) in [6, 6.07) is 5.81. The molecular weight excluding hydrogens is 973 g/mol. The molecule has 25 heteroatoms. The molecule has 0 fully saturated rings. The van der Waals surface area contributed by atoms with Crippen LogP contribution in [0.2, 0.25) is 0 Å². The minimum absolute atomic E-state index is 0.00479. The van der Waals surface area contributed by atoms with E-state index in [0.29, 0.717) is 49.8 Å². The first-order valence-electron chi connectivity index (χ1n) is 25.2. The van der Waals surface area contributed by atoms with Gasteiger partial charge < -0.3 is 81.8 Å². The quantitative estimate of drug-likeness (QED) is 0.0183. The molecule has 0 saturated heterocycles. The molecule has 0 radical (unpaired) electrons. The van der Waals surface area contributed by atoms with Crippen LogP contribution in [0.1, 0.15) is 96.1 Å². The Balaban J connectivity index is 2.52. The Morgan fingerprint density at radius 3 is 1.32 bits per heavy atom. The summed E-state index contributed by atoms with van der Waals surface area (Å²) in [4.78, 5) is 125. The number of guanidine groups is 1. The average molecular weight is 1050 g/mol. The number of carbonyl (C=O) groups excluding carboxylic acids is 8. The summed E-state index contributed by atoms with van der Waals surface area (Å²) in [5.41, 5.74) is 34.9. The van der Waals surface area contributed by atoms with Gasteiger partial charge >= 0.3 is 5.97 Å². The van der Waals surface area contributed by atoms with Crippen LogP contribution in [0.25, 0.3) is 0 Å². The van der Waals surface area contributed by atoms with E-state index in [4.69, 9.17) is 34.4 Å². The fourth-order valence-corrected chi connectivity index (χ4v) is 7.61. The van der Waals surface area contributed by atoms with Gasteiger partial charge in [0, 0.05) is 19.4 Å². The number of aliphatic hydroxyl groups excluding tert-OH is 1. The van der Waals surface area contributed by atoms with Gasteiger partial charge in [0.1, 0.15) is 42.3 Å². The molecule has 10 atom stereocenters. The van der Waals surface area contributed by atoms with E-state index in [1.54, 1.807) is 60.7 Å². The third-order valence-corrected chi connectivity index (χ3v) is 12.2. The molecule has 2 aromatic rings. The lowest BCUT2D eigenvalue weighted by molar-refractivity contribution is -0.143. The fraction of sp³-hybridized carbons (Fsp3) is 0.560. The zero-order valence-corrected chi connectivity index (χ0v) is 43.1.